The number of aromatic nitrogens is 2. The molecule has 8 heteroatoms. The molecule has 1 N–H and O–H groups in total. The van der Waals surface area contributed by atoms with Gasteiger partial charge < -0.3 is 9.64 Å². The first-order valence-corrected chi connectivity index (χ1v) is 15.2. The molecule has 0 aliphatic carbocycles. The number of halogens is 1. The molecule has 1 amide bonds. The van der Waals surface area contributed by atoms with Gasteiger partial charge in [-0.25, -0.2) is 4.98 Å². The number of pyridine rings is 2. The van der Waals surface area contributed by atoms with Gasteiger partial charge in [0, 0.05) is 58.1 Å². The average Bonchev–Trinajstić information content (AvgIpc) is 3.01. The van der Waals surface area contributed by atoms with Crippen LogP contribution in [0.4, 0.5) is 0 Å². The van der Waals surface area contributed by atoms with E-state index in [4.69, 9.17) is 4.74 Å². The Hall–Kier alpha value is -3.49. The van der Waals surface area contributed by atoms with Crippen LogP contribution in [0.1, 0.15) is 54.6 Å². The molecule has 7 nitrogen and oxygen atoms in total. The lowest BCUT2D eigenvalue weighted by molar-refractivity contribution is -0.884. The molecule has 0 bridgehead atoms. The lowest BCUT2D eigenvalue weighted by atomic mass is 9.82. The van der Waals surface area contributed by atoms with Gasteiger partial charge in [-0.3, -0.25) is 14.9 Å². The molecule has 41 heavy (non-hydrogen) atoms. The predicted octanol–water partition coefficient (Wildman–Crippen LogP) is 6.05. The Bertz CT molecular complexity index is 1500. The predicted molar refractivity (Wildman–Crippen MR) is 161 cm³/mol. The van der Waals surface area contributed by atoms with Gasteiger partial charge in [0.25, 0.3) is 11.4 Å². The molecular formula is C33H36BrN4O3+. The molecule has 1 atom stereocenters. The third-order valence-corrected chi connectivity index (χ3v) is 9.52. The molecule has 1 unspecified atom stereocenters. The number of likely N-dealkylation sites (tertiary alicyclic amines) is 2. The van der Waals surface area contributed by atoms with Crippen molar-refractivity contribution < 1.29 is 19.5 Å². The fraction of sp³-hybridized carbons (Fsp3) is 0.364. The monoisotopic (exact) mass is 615 g/mol. The van der Waals surface area contributed by atoms with Gasteiger partial charge in [-0.1, -0.05) is 40.2 Å². The largest absolute Gasteiger partial charge is 0.469 e. The summed E-state index contributed by atoms with van der Waals surface area (Å²) >= 11 is 3.56. The first-order valence-electron chi connectivity index (χ1n) is 14.4. The molecule has 212 valence electrons. The number of ether oxygens (including phenoxy) is 1. The van der Waals surface area contributed by atoms with Crippen molar-refractivity contribution in [1.82, 2.24) is 14.8 Å². The molecule has 4 heterocycles. The first-order chi connectivity index (χ1) is 19.9. The van der Waals surface area contributed by atoms with Crippen molar-refractivity contribution in [1.29, 1.82) is 0 Å². The number of rotatable bonds is 6. The van der Waals surface area contributed by atoms with Gasteiger partial charge >= 0.3 is 0 Å². The van der Waals surface area contributed by atoms with Crippen LogP contribution >= 0.6 is 15.9 Å². The Morgan fingerprint density at radius 3 is 2.46 bits per heavy atom. The molecule has 6 rings (SSSR count). The van der Waals surface area contributed by atoms with Crippen LogP contribution in [0.2, 0.25) is 0 Å². The highest BCUT2D eigenvalue weighted by atomic mass is 79.9. The SMILES string of the molecule is CC1(N2CCC(C(Oc3ccccn3)c3ccc(Br)cc3)CC2)CCN(C(=O)c2cccc3c2ccc[n+]3O)CC1. The highest BCUT2D eigenvalue weighted by Crippen LogP contribution is 2.39. The number of piperidine rings is 2. The van der Waals surface area contributed by atoms with E-state index >= 15 is 0 Å². The average molecular weight is 617 g/mol. The second-order valence-corrected chi connectivity index (χ2v) is 12.4. The molecule has 2 aromatic carbocycles. The summed E-state index contributed by atoms with van der Waals surface area (Å²) in [5, 5.41) is 10.9. The molecule has 2 saturated heterocycles. The fourth-order valence-electron chi connectivity index (χ4n) is 6.47. The zero-order valence-electron chi connectivity index (χ0n) is 23.3. The topological polar surface area (TPSA) is 69.8 Å². The van der Waals surface area contributed by atoms with Crippen molar-refractivity contribution in [3.63, 3.8) is 0 Å². The minimum absolute atomic E-state index is 0.0339. The Labute approximate surface area is 249 Å². The third-order valence-electron chi connectivity index (χ3n) is 8.99. The van der Waals surface area contributed by atoms with E-state index in [0.29, 0.717) is 22.9 Å². The number of fused-ring (bicyclic) bond motifs is 1. The molecule has 0 radical (unpaired) electrons. The van der Waals surface area contributed by atoms with E-state index in [2.05, 4.69) is 57.0 Å². The summed E-state index contributed by atoms with van der Waals surface area (Å²) in [6.45, 7) is 5.82. The highest BCUT2D eigenvalue weighted by molar-refractivity contribution is 9.10. The summed E-state index contributed by atoms with van der Waals surface area (Å²) in [5.41, 5.74) is 2.51. The summed E-state index contributed by atoms with van der Waals surface area (Å²) < 4.78 is 8.63. The number of amides is 1. The van der Waals surface area contributed by atoms with Crippen molar-refractivity contribution in [3.8, 4) is 5.88 Å². The molecule has 2 aliphatic heterocycles. The van der Waals surface area contributed by atoms with Gasteiger partial charge in [0.2, 0.25) is 12.1 Å². The maximum Gasteiger partial charge on any atom is 0.265 e. The van der Waals surface area contributed by atoms with Crippen LogP contribution in [0.5, 0.6) is 5.88 Å². The fourth-order valence-corrected chi connectivity index (χ4v) is 6.74. The van der Waals surface area contributed by atoms with Gasteiger partial charge in [0.1, 0.15) is 6.10 Å². The van der Waals surface area contributed by atoms with Gasteiger partial charge in [-0.15, -0.1) is 0 Å². The van der Waals surface area contributed by atoms with E-state index in [9.17, 15) is 10.0 Å². The second-order valence-electron chi connectivity index (χ2n) is 11.5. The van der Waals surface area contributed by atoms with Crippen LogP contribution in [0.15, 0.2) is 89.7 Å². The van der Waals surface area contributed by atoms with Crippen molar-refractivity contribution >= 4 is 32.7 Å². The van der Waals surface area contributed by atoms with E-state index in [0.717, 1.165) is 66.5 Å². The lowest BCUT2D eigenvalue weighted by Gasteiger charge is -2.49. The number of nitrogens with zero attached hydrogens (tertiary/aromatic N) is 4. The molecular weight excluding hydrogens is 580 g/mol. The van der Waals surface area contributed by atoms with Crippen molar-refractivity contribution in [2.75, 3.05) is 26.2 Å². The normalized spacial score (nSPS) is 18.7. The maximum absolute atomic E-state index is 13.5. The minimum atomic E-state index is -0.0503. The van der Waals surface area contributed by atoms with Gasteiger partial charge in [-0.2, -0.15) is 0 Å². The Kier molecular flexibility index (Phi) is 7.95. The van der Waals surface area contributed by atoms with Crippen molar-refractivity contribution in [3.05, 3.63) is 101 Å². The zero-order chi connectivity index (χ0) is 28.4. The number of carbonyl (C=O) groups excluding carboxylic acids is 1. The van der Waals surface area contributed by atoms with E-state index < -0.39 is 0 Å². The second kappa shape index (κ2) is 11.8. The van der Waals surface area contributed by atoms with E-state index in [1.54, 1.807) is 18.5 Å². The van der Waals surface area contributed by atoms with Crippen LogP contribution in [0.25, 0.3) is 10.9 Å². The summed E-state index contributed by atoms with van der Waals surface area (Å²) in [4.78, 5) is 22.6. The molecule has 2 aromatic heterocycles. The Balaban J connectivity index is 1.10. The number of carbonyl (C=O) groups is 1. The molecule has 4 aromatic rings. The van der Waals surface area contributed by atoms with Crippen LogP contribution in [-0.2, 0) is 0 Å². The van der Waals surface area contributed by atoms with Crippen LogP contribution in [-0.4, -0.2) is 57.6 Å². The van der Waals surface area contributed by atoms with Gasteiger partial charge in [-0.05, 0) is 81.6 Å². The van der Waals surface area contributed by atoms with E-state index in [1.165, 1.54) is 5.56 Å². The number of hydrogen-bond donors (Lipinski definition) is 1. The van der Waals surface area contributed by atoms with E-state index in [-0.39, 0.29) is 17.6 Å². The molecule has 0 spiro atoms. The molecule has 0 saturated carbocycles. The maximum atomic E-state index is 13.5. The highest BCUT2D eigenvalue weighted by Gasteiger charge is 2.40. The number of hydrogen-bond acceptors (Lipinski definition) is 5. The summed E-state index contributed by atoms with van der Waals surface area (Å²) in [6, 6.07) is 23.4. The van der Waals surface area contributed by atoms with Gasteiger partial charge in [0.15, 0.2) is 0 Å². The summed E-state index contributed by atoms with van der Waals surface area (Å²) in [7, 11) is 0. The Morgan fingerprint density at radius 2 is 1.76 bits per heavy atom. The summed E-state index contributed by atoms with van der Waals surface area (Å²) in [6.07, 6.45) is 7.27. The molecule has 2 fully saturated rings. The van der Waals surface area contributed by atoms with E-state index in [1.807, 2.05) is 47.4 Å². The molecule has 2 aliphatic rings. The van der Waals surface area contributed by atoms with Crippen LogP contribution < -0.4 is 9.47 Å². The smallest absolute Gasteiger partial charge is 0.265 e. The van der Waals surface area contributed by atoms with Crippen molar-refractivity contribution in [2.45, 2.75) is 44.2 Å². The Morgan fingerprint density at radius 1 is 1.00 bits per heavy atom. The zero-order valence-corrected chi connectivity index (χ0v) is 24.9. The summed E-state index contributed by atoms with van der Waals surface area (Å²) in [5.74, 6) is 1.08. The lowest BCUT2D eigenvalue weighted by Crippen LogP contribution is -2.56. The van der Waals surface area contributed by atoms with Crippen LogP contribution in [0, 0.1) is 5.92 Å². The minimum Gasteiger partial charge on any atom is -0.469 e. The van der Waals surface area contributed by atoms with Crippen LogP contribution in [0.3, 0.4) is 0 Å². The first kappa shape index (κ1) is 27.7. The number of benzene rings is 2. The standard InChI is InChI=1S/C33H36BrN4O3/c1-33(16-22-36(23-17-33)32(39)28-6-4-8-29-27(28)7-5-19-38(29)40)37-20-14-25(15-21-37)31(24-10-12-26(34)13-11-24)41-30-9-2-3-18-35-30/h2-13,18-19,25,31,40H,14-17,20-23H2,1H3/q+1. The quantitative estimate of drug-likeness (QED) is 0.211. The van der Waals surface area contributed by atoms with Crippen molar-refractivity contribution in [2.24, 2.45) is 5.92 Å². The van der Waals surface area contributed by atoms with Gasteiger partial charge in [0.05, 0.1) is 10.9 Å². The third kappa shape index (κ3) is 5.81.